The van der Waals surface area contributed by atoms with Gasteiger partial charge in [-0.2, -0.15) is 5.26 Å². The number of nitrogens with zero attached hydrogens (tertiary/aromatic N) is 2. The number of aliphatic carboxylic acids is 1. The number of fused-ring (bicyclic) bond motifs is 1. The van der Waals surface area contributed by atoms with E-state index in [2.05, 4.69) is 0 Å². The zero-order valence-electron chi connectivity index (χ0n) is 14.6. The molecule has 6 nitrogen and oxygen atoms in total. The van der Waals surface area contributed by atoms with Gasteiger partial charge >= 0.3 is 5.97 Å². The Labute approximate surface area is 153 Å². The third-order valence-corrected chi connectivity index (χ3v) is 4.39. The molecular weight excluding hydrogens is 351 g/mol. The summed E-state index contributed by atoms with van der Waals surface area (Å²) >= 11 is 0. The molecule has 1 atom stereocenters. The van der Waals surface area contributed by atoms with Crippen LogP contribution in [0.5, 0.6) is 5.75 Å². The van der Waals surface area contributed by atoms with E-state index in [-0.39, 0.29) is 16.6 Å². The molecule has 0 radical (unpaired) electrons. The first kappa shape index (κ1) is 18.1. The predicted octanol–water partition coefficient (Wildman–Crippen LogP) is 3.33. The molecule has 27 heavy (non-hydrogen) atoms. The fourth-order valence-electron chi connectivity index (χ4n) is 3.05. The molecule has 3 aromatic rings. The Kier molecular flexibility index (Phi) is 4.65. The van der Waals surface area contributed by atoms with Crippen molar-refractivity contribution in [2.24, 2.45) is 0 Å². The van der Waals surface area contributed by atoms with E-state index in [1.165, 1.54) is 38.3 Å². The molecule has 0 aliphatic carbocycles. The second-order valence-electron chi connectivity index (χ2n) is 5.95. The van der Waals surface area contributed by atoms with Crippen molar-refractivity contribution in [3.05, 3.63) is 64.3 Å². The smallest absolute Gasteiger partial charge is 0.326 e. The van der Waals surface area contributed by atoms with E-state index in [4.69, 9.17) is 4.74 Å². The maximum Gasteiger partial charge on any atom is 0.326 e. The van der Waals surface area contributed by atoms with Gasteiger partial charge in [-0.25, -0.2) is 9.18 Å². The lowest BCUT2D eigenvalue weighted by Crippen LogP contribution is -2.30. The van der Waals surface area contributed by atoms with Crippen LogP contribution in [-0.4, -0.2) is 22.8 Å². The van der Waals surface area contributed by atoms with E-state index in [9.17, 15) is 24.3 Å². The number of nitriles is 1. The second kappa shape index (κ2) is 6.92. The summed E-state index contributed by atoms with van der Waals surface area (Å²) in [5.41, 5.74) is -0.129. The summed E-state index contributed by atoms with van der Waals surface area (Å²) in [6.07, 6.45) is 0. The van der Waals surface area contributed by atoms with Crippen LogP contribution in [0.3, 0.4) is 0 Å². The Balaban J connectivity index is 2.57. The molecule has 0 spiro atoms. The molecule has 0 saturated heterocycles. The largest absolute Gasteiger partial charge is 0.497 e. The molecule has 0 aliphatic rings. The zero-order chi connectivity index (χ0) is 19.7. The number of carboxylic acid groups (broad SMARTS) is 1. The molecule has 0 amide bonds. The molecule has 0 bridgehead atoms. The Morgan fingerprint density at radius 2 is 2.00 bits per heavy atom. The van der Waals surface area contributed by atoms with Crippen molar-refractivity contribution in [1.82, 2.24) is 4.57 Å². The Morgan fingerprint density at radius 3 is 2.59 bits per heavy atom. The predicted molar refractivity (Wildman–Crippen MR) is 97.2 cm³/mol. The topological polar surface area (TPSA) is 92.3 Å². The van der Waals surface area contributed by atoms with Crippen molar-refractivity contribution in [3.63, 3.8) is 0 Å². The molecule has 7 heteroatoms. The number of benzene rings is 2. The average molecular weight is 366 g/mol. The maximum absolute atomic E-state index is 13.8. The van der Waals surface area contributed by atoms with Crippen LogP contribution in [-0.2, 0) is 4.79 Å². The molecule has 0 aliphatic heterocycles. The number of pyridine rings is 1. The summed E-state index contributed by atoms with van der Waals surface area (Å²) in [7, 11) is 1.46. The SMILES string of the molecule is COc1ccc2c(=O)n(C(C)C(=O)O)c(C#N)c(-c3cccc(F)c3)c2c1. The number of ether oxygens (including phenoxy) is 1. The highest BCUT2D eigenvalue weighted by atomic mass is 19.1. The summed E-state index contributed by atoms with van der Waals surface area (Å²) in [5, 5.41) is 19.7. The summed E-state index contributed by atoms with van der Waals surface area (Å²) in [4.78, 5) is 24.4. The fourth-order valence-corrected chi connectivity index (χ4v) is 3.05. The first-order chi connectivity index (χ1) is 12.9. The average Bonchev–Trinajstić information content (AvgIpc) is 2.66. The monoisotopic (exact) mass is 366 g/mol. The number of halogens is 1. The number of hydrogen-bond donors (Lipinski definition) is 1. The number of carboxylic acids is 1. The standard InChI is InChI=1S/C20H15FN2O4/c1-11(20(25)26)23-17(10-22)18(12-4-3-5-13(21)8-12)16-9-14(27-2)6-7-15(16)19(23)24/h3-9,11H,1-2H3,(H,25,26). The minimum atomic E-state index is -1.27. The van der Waals surface area contributed by atoms with E-state index in [0.29, 0.717) is 16.7 Å². The van der Waals surface area contributed by atoms with Crippen LogP contribution >= 0.6 is 0 Å². The highest BCUT2D eigenvalue weighted by Gasteiger charge is 2.25. The van der Waals surface area contributed by atoms with Gasteiger partial charge in [0.1, 0.15) is 29.4 Å². The molecule has 3 rings (SSSR count). The molecule has 0 saturated carbocycles. The Bertz CT molecular complexity index is 1160. The maximum atomic E-state index is 13.8. The highest BCUT2D eigenvalue weighted by Crippen LogP contribution is 2.33. The lowest BCUT2D eigenvalue weighted by atomic mass is 9.96. The molecule has 1 unspecified atom stereocenters. The van der Waals surface area contributed by atoms with Crippen molar-refractivity contribution in [2.45, 2.75) is 13.0 Å². The van der Waals surface area contributed by atoms with Crippen LogP contribution in [0.4, 0.5) is 4.39 Å². The van der Waals surface area contributed by atoms with Crippen LogP contribution in [0.2, 0.25) is 0 Å². The number of carbonyl (C=O) groups is 1. The van der Waals surface area contributed by atoms with E-state index in [0.717, 1.165) is 4.57 Å². The number of hydrogen-bond acceptors (Lipinski definition) is 4. The fraction of sp³-hybridized carbons (Fsp3) is 0.150. The van der Waals surface area contributed by atoms with E-state index in [1.54, 1.807) is 18.2 Å². The van der Waals surface area contributed by atoms with Gasteiger partial charge in [0.05, 0.1) is 7.11 Å². The van der Waals surface area contributed by atoms with Gasteiger partial charge in [0.2, 0.25) is 0 Å². The van der Waals surface area contributed by atoms with Gasteiger partial charge in [0.15, 0.2) is 0 Å². The minimum Gasteiger partial charge on any atom is -0.497 e. The summed E-state index contributed by atoms with van der Waals surface area (Å²) in [5.74, 6) is -1.32. The van der Waals surface area contributed by atoms with Gasteiger partial charge in [-0.1, -0.05) is 12.1 Å². The molecule has 0 fully saturated rings. The summed E-state index contributed by atoms with van der Waals surface area (Å²) < 4.78 is 20.0. The number of rotatable bonds is 4. The van der Waals surface area contributed by atoms with Crippen molar-refractivity contribution in [3.8, 4) is 22.9 Å². The first-order valence-electron chi connectivity index (χ1n) is 8.04. The minimum absolute atomic E-state index is 0.152. The van der Waals surface area contributed by atoms with Gasteiger partial charge in [0.25, 0.3) is 5.56 Å². The lowest BCUT2D eigenvalue weighted by molar-refractivity contribution is -0.140. The van der Waals surface area contributed by atoms with Gasteiger partial charge < -0.3 is 9.84 Å². The summed E-state index contributed by atoms with van der Waals surface area (Å²) in [6.45, 7) is 1.31. The zero-order valence-corrected chi connectivity index (χ0v) is 14.6. The second-order valence-corrected chi connectivity index (χ2v) is 5.95. The summed E-state index contributed by atoms with van der Waals surface area (Å²) in [6, 6.07) is 10.9. The van der Waals surface area contributed by atoms with Gasteiger partial charge in [-0.15, -0.1) is 0 Å². The Morgan fingerprint density at radius 1 is 1.26 bits per heavy atom. The van der Waals surface area contributed by atoms with Crippen LogP contribution in [0.15, 0.2) is 47.3 Å². The molecule has 136 valence electrons. The number of aromatic nitrogens is 1. The lowest BCUT2D eigenvalue weighted by Gasteiger charge is -2.19. The molecule has 1 aromatic heterocycles. The van der Waals surface area contributed by atoms with Gasteiger partial charge in [-0.3, -0.25) is 9.36 Å². The normalized spacial score (nSPS) is 11.8. The van der Waals surface area contributed by atoms with Crippen molar-refractivity contribution in [2.75, 3.05) is 7.11 Å². The molecule has 1 heterocycles. The molecular formula is C20H15FN2O4. The van der Waals surface area contributed by atoms with Crippen LogP contribution in [0.25, 0.3) is 21.9 Å². The van der Waals surface area contributed by atoms with Crippen LogP contribution < -0.4 is 10.3 Å². The van der Waals surface area contributed by atoms with E-state index in [1.807, 2.05) is 6.07 Å². The highest BCUT2D eigenvalue weighted by molar-refractivity contribution is 5.99. The van der Waals surface area contributed by atoms with Crippen LogP contribution in [0.1, 0.15) is 18.7 Å². The first-order valence-corrected chi connectivity index (χ1v) is 8.04. The van der Waals surface area contributed by atoms with Crippen molar-refractivity contribution < 1.29 is 19.0 Å². The van der Waals surface area contributed by atoms with E-state index < -0.39 is 23.4 Å². The van der Waals surface area contributed by atoms with Gasteiger partial charge in [-0.05, 0) is 42.8 Å². The van der Waals surface area contributed by atoms with Gasteiger partial charge in [0, 0.05) is 16.3 Å². The van der Waals surface area contributed by atoms with E-state index >= 15 is 0 Å². The molecule has 2 aromatic carbocycles. The number of methoxy groups -OCH3 is 1. The van der Waals surface area contributed by atoms with Crippen molar-refractivity contribution in [1.29, 1.82) is 5.26 Å². The third kappa shape index (κ3) is 3.02. The Hall–Kier alpha value is -3.66. The quantitative estimate of drug-likeness (QED) is 0.765. The molecule has 1 N–H and O–H groups in total. The van der Waals surface area contributed by atoms with Crippen LogP contribution in [0, 0.1) is 17.1 Å². The third-order valence-electron chi connectivity index (χ3n) is 4.39. The van der Waals surface area contributed by atoms with Crippen molar-refractivity contribution >= 4 is 16.7 Å².